The third-order valence-corrected chi connectivity index (χ3v) is 4.35. The number of pyridine rings is 1. The molecule has 0 aliphatic carbocycles. The van der Waals surface area contributed by atoms with Gasteiger partial charge in [0.15, 0.2) is 9.84 Å². The summed E-state index contributed by atoms with van der Waals surface area (Å²) >= 11 is 0. The highest BCUT2D eigenvalue weighted by atomic mass is 32.2. The first-order valence-electron chi connectivity index (χ1n) is 6.19. The van der Waals surface area contributed by atoms with E-state index in [4.69, 9.17) is 0 Å². The molecule has 0 saturated carbocycles. The smallest absolute Gasteiger partial charge is 0.175 e. The molecule has 0 unspecified atom stereocenters. The zero-order chi connectivity index (χ0) is 14.2. The Morgan fingerprint density at radius 1 is 0.900 bits per heavy atom. The Labute approximate surface area is 117 Å². The first kappa shape index (κ1) is 12.8. The van der Waals surface area contributed by atoms with E-state index in [-0.39, 0.29) is 0 Å². The maximum atomic E-state index is 11.4. The summed E-state index contributed by atoms with van der Waals surface area (Å²) in [5, 5.41) is 1.09. The molecule has 3 rings (SSSR count). The molecule has 3 aromatic rings. The molecule has 0 N–H and O–H groups in total. The highest BCUT2D eigenvalue weighted by molar-refractivity contribution is 7.90. The highest BCUT2D eigenvalue weighted by Crippen LogP contribution is 2.24. The molecule has 0 radical (unpaired) electrons. The van der Waals surface area contributed by atoms with Crippen LogP contribution in [0.5, 0.6) is 0 Å². The van der Waals surface area contributed by atoms with Crippen molar-refractivity contribution < 1.29 is 8.42 Å². The van der Waals surface area contributed by atoms with Gasteiger partial charge in [0, 0.05) is 17.8 Å². The predicted octanol–water partition coefficient (Wildman–Crippen LogP) is 3.31. The summed E-state index contributed by atoms with van der Waals surface area (Å²) in [5.41, 5.74) is 2.93. The fourth-order valence-electron chi connectivity index (χ4n) is 2.14. The van der Waals surface area contributed by atoms with Gasteiger partial charge in [0.1, 0.15) is 0 Å². The fraction of sp³-hybridized carbons (Fsp3) is 0.0625. The van der Waals surface area contributed by atoms with Gasteiger partial charge >= 0.3 is 0 Å². The van der Waals surface area contributed by atoms with Gasteiger partial charge in [0.2, 0.25) is 0 Å². The molecular formula is C16H13NO2S. The van der Waals surface area contributed by atoms with Crippen LogP contribution in [0, 0.1) is 0 Å². The van der Waals surface area contributed by atoms with Crippen molar-refractivity contribution in [2.24, 2.45) is 0 Å². The van der Waals surface area contributed by atoms with Gasteiger partial charge in [-0.25, -0.2) is 8.42 Å². The Morgan fingerprint density at radius 3 is 2.30 bits per heavy atom. The van der Waals surface area contributed by atoms with Gasteiger partial charge < -0.3 is 0 Å². The van der Waals surface area contributed by atoms with E-state index in [0.29, 0.717) is 4.90 Å². The second-order valence-corrected chi connectivity index (χ2v) is 6.72. The monoisotopic (exact) mass is 283 g/mol. The lowest BCUT2D eigenvalue weighted by atomic mass is 10.0. The maximum Gasteiger partial charge on any atom is 0.175 e. The molecule has 0 fully saturated rings. The van der Waals surface area contributed by atoms with E-state index in [1.807, 2.05) is 42.5 Å². The summed E-state index contributed by atoms with van der Waals surface area (Å²) in [6.45, 7) is 0. The molecule has 3 nitrogen and oxygen atoms in total. The summed E-state index contributed by atoms with van der Waals surface area (Å²) in [5.74, 6) is 0. The van der Waals surface area contributed by atoms with Crippen molar-refractivity contribution in [2.45, 2.75) is 4.90 Å². The van der Waals surface area contributed by atoms with Crippen molar-refractivity contribution in [3.8, 4) is 11.1 Å². The maximum absolute atomic E-state index is 11.4. The Balaban J connectivity index is 2.07. The van der Waals surface area contributed by atoms with E-state index < -0.39 is 9.84 Å². The lowest BCUT2D eigenvalue weighted by molar-refractivity contribution is 0.602. The second-order valence-electron chi connectivity index (χ2n) is 4.71. The molecule has 0 aliphatic rings. The molecule has 0 amide bonds. The molecular weight excluding hydrogens is 270 g/mol. The van der Waals surface area contributed by atoms with Crippen LogP contribution in [0.1, 0.15) is 0 Å². The number of rotatable bonds is 2. The molecule has 4 heteroatoms. The van der Waals surface area contributed by atoms with E-state index in [9.17, 15) is 8.42 Å². The zero-order valence-corrected chi connectivity index (χ0v) is 11.8. The first-order chi connectivity index (χ1) is 9.54. The molecule has 1 heterocycles. The van der Waals surface area contributed by atoms with Crippen molar-refractivity contribution in [1.29, 1.82) is 0 Å². The third-order valence-electron chi connectivity index (χ3n) is 3.22. The van der Waals surface area contributed by atoms with Crippen LogP contribution >= 0.6 is 0 Å². The Kier molecular flexibility index (Phi) is 3.03. The third kappa shape index (κ3) is 2.42. The highest BCUT2D eigenvalue weighted by Gasteiger charge is 2.07. The van der Waals surface area contributed by atoms with Crippen molar-refractivity contribution in [3.05, 3.63) is 60.8 Å². The van der Waals surface area contributed by atoms with Crippen molar-refractivity contribution in [1.82, 2.24) is 4.98 Å². The summed E-state index contributed by atoms with van der Waals surface area (Å²) < 4.78 is 22.9. The van der Waals surface area contributed by atoms with E-state index in [1.165, 1.54) is 6.26 Å². The Hall–Kier alpha value is -2.20. The minimum Gasteiger partial charge on any atom is -0.256 e. The number of hydrogen-bond acceptors (Lipinski definition) is 3. The topological polar surface area (TPSA) is 47.0 Å². The van der Waals surface area contributed by atoms with Crippen LogP contribution in [-0.4, -0.2) is 19.7 Å². The van der Waals surface area contributed by atoms with Crippen LogP contribution in [0.4, 0.5) is 0 Å². The normalized spacial score (nSPS) is 11.7. The van der Waals surface area contributed by atoms with Crippen molar-refractivity contribution in [3.63, 3.8) is 0 Å². The number of aromatic nitrogens is 1. The average molecular weight is 283 g/mol. The van der Waals surface area contributed by atoms with Gasteiger partial charge in [0.25, 0.3) is 0 Å². The van der Waals surface area contributed by atoms with Gasteiger partial charge in [-0.3, -0.25) is 4.98 Å². The minimum absolute atomic E-state index is 0.333. The van der Waals surface area contributed by atoms with Crippen molar-refractivity contribution in [2.75, 3.05) is 6.26 Å². The second kappa shape index (κ2) is 4.72. The summed E-state index contributed by atoms with van der Waals surface area (Å²) in [7, 11) is -3.15. The zero-order valence-electron chi connectivity index (χ0n) is 10.9. The number of sulfone groups is 1. The van der Waals surface area contributed by atoms with Gasteiger partial charge in [-0.05, 0) is 35.4 Å². The van der Waals surface area contributed by atoms with Crippen LogP contribution in [0.2, 0.25) is 0 Å². The largest absolute Gasteiger partial charge is 0.256 e. The van der Waals surface area contributed by atoms with Crippen molar-refractivity contribution >= 4 is 20.7 Å². The lowest BCUT2D eigenvalue weighted by Crippen LogP contribution is -1.96. The van der Waals surface area contributed by atoms with E-state index in [0.717, 1.165) is 22.0 Å². The number of nitrogens with zero attached hydrogens (tertiary/aromatic N) is 1. The molecule has 1 aromatic heterocycles. The summed E-state index contributed by atoms with van der Waals surface area (Å²) in [4.78, 5) is 4.66. The summed E-state index contributed by atoms with van der Waals surface area (Å²) in [6, 6.07) is 16.9. The Bertz CT molecular complexity index is 868. The molecule has 0 atom stereocenters. The number of benzene rings is 2. The lowest BCUT2D eigenvalue weighted by Gasteiger charge is -2.05. The molecule has 0 spiro atoms. The first-order valence-corrected chi connectivity index (χ1v) is 8.08. The van der Waals surface area contributed by atoms with Crippen LogP contribution < -0.4 is 0 Å². The molecule has 0 bridgehead atoms. The molecule has 2 aromatic carbocycles. The van der Waals surface area contributed by atoms with E-state index in [1.54, 1.807) is 18.3 Å². The predicted molar refractivity (Wildman–Crippen MR) is 80.3 cm³/mol. The Morgan fingerprint density at radius 2 is 1.60 bits per heavy atom. The molecule has 100 valence electrons. The average Bonchev–Trinajstić information content (AvgIpc) is 2.46. The van der Waals surface area contributed by atoms with Crippen LogP contribution in [-0.2, 0) is 9.84 Å². The van der Waals surface area contributed by atoms with Gasteiger partial charge in [-0.15, -0.1) is 0 Å². The SMILES string of the molecule is CS(=O)(=O)c1ccc(-c2ccc3cccnc3c2)cc1. The molecule has 0 aliphatic heterocycles. The fourth-order valence-corrected chi connectivity index (χ4v) is 2.77. The molecule has 20 heavy (non-hydrogen) atoms. The standard InChI is InChI=1S/C16H13NO2S/c1-20(18,19)15-8-6-12(7-9-15)14-5-4-13-3-2-10-17-16(13)11-14/h2-11H,1H3. The van der Waals surface area contributed by atoms with E-state index in [2.05, 4.69) is 4.98 Å². The number of fused-ring (bicyclic) bond motifs is 1. The van der Waals surface area contributed by atoms with Crippen LogP contribution in [0.15, 0.2) is 65.7 Å². The van der Waals surface area contributed by atoms with Gasteiger partial charge in [-0.2, -0.15) is 0 Å². The summed E-state index contributed by atoms with van der Waals surface area (Å²) in [6.07, 6.45) is 2.97. The van der Waals surface area contributed by atoms with Gasteiger partial charge in [0.05, 0.1) is 10.4 Å². The van der Waals surface area contributed by atoms with Gasteiger partial charge in [-0.1, -0.05) is 30.3 Å². The minimum atomic E-state index is -3.15. The van der Waals surface area contributed by atoms with Crippen LogP contribution in [0.3, 0.4) is 0 Å². The van der Waals surface area contributed by atoms with Crippen LogP contribution in [0.25, 0.3) is 22.0 Å². The molecule has 0 saturated heterocycles. The number of hydrogen-bond donors (Lipinski definition) is 0. The quantitative estimate of drug-likeness (QED) is 0.725. The van der Waals surface area contributed by atoms with E-state index >= 15 is 0 Å².